The van der Waals surface area contributed by atoms with Crippen LogP contribution in [0.3, 0.4) is 0 Å². The molecule has 4 aliphatic carbocycles. The zero-order valence-electron chi connectivity index (χ0n) is 82.2. The third-order valence-corrected chi connectivity index (χ3v) is 29.9. The van der Waals surface area contributed by atoms with Crippen molar-refractivity contribution in [3.05, 3.63) is 495 Å². The minimum atomic E-state index is 0.940. The minimum absolute atomic E-state index is 0.940. The lowest BCUT2D eigenvalue weighted by atomic mass is 9.96. The van der Waals surface area contributed by atoms with Crippen molar-refractivity contribution in [1.29, 1.82) is 0 Å². The summed E-state index contributed by atoms with van der Waals surface area (Å²) >= 11 is 0. The van der Waals surface area contributed by atoms with Crippen LogP contribution in [0.15, 0.2) is 450 Å². The maximum atomic E-state index is 5.32. The van der Waals surface area contributed by atoms with Gasteiger partial charge in [0.1, 0.15) is 28.5 Å². The third-order valence-electron chi connectivity index (χ3n) is 29.9. The van der Waals surface area contributed by atoms with Gasteiger partial charge in [0.25, 0.3) is 0 Å². The number of pyridine rings is 5. The lowest BCUT2D eigenvalue weighted by Gasteiger charge is -2.17. The first kappa shape index (κ1) is 89.8. The van der Waals surface area contributed by atoms with Crippen LogP contribution in [0, 0.1) is 0 Å². The number of benzene rings is 12. The van der Waals surface area contributed by atoms with Crippen molar-refractivity contribution in [2.75, 3.05) is 0 Å². The first-order chi connectivity index (χ1) is 73.5. The molecule has 0 N–H and O–H groups in total. The van der Waals surface area contributed by atoms with Gasteiger partial charge >= 0.3 is 0 Å². The van der Waals surface area contributed by atoms with Gasteiger partial charge in [0, 0.05) is 143 Å². The number of hydrogen-bond donors (Lipinski definition) is 0. The first-order valence-corrected chi connectivity index (χ1v) is 52.0. The Hall–Kier alpha value is -18.3. The predicted molar refractivity (Wildman–Crippen MR) is 600 cm³/mol. The first-order valence-electron chi connectivity index (χ1n) is 52.0. The Morgan fingerprint density at radius 1 is 0.230 bits per heavy atom. The number of rotatable bonds is 16. The van der Waals surface area contributed by atoms with Gasteiger partial charge in [0.05, 0.1) is 73.8 Å². The fraction of sp³-hybridized carbons (Fsp3) is 0.121. The number of fused-ring (bicyclic) bond motifs is 13. The van der Waals surface area contributed by atoms with E-state index in [2.05, 4.69) is 407 Å². The predicted octanol–water partition coefficient (Wildman–Crippen LogP) is 30.8. The van der Waals surface area contributed by atoms with E-state index in [1.54, 1.807) is 0 Å². The Morgan fingerprint density at radius 3 is 1.14 bits per heavy atom. The van der Waals surface area contributed by atoms with Crippen LogP contribution >= 0.6 is 0 Å². The Morgan fingerprint density at radius 2 is 0.622 bits per heavy atom. The molecule has 0 saturated heterocycles. The molecule has 0 unspecified atom stereocenters. The van der Waals surface area contributed by atoms with E-state index in [-0.39, 0.29) is 0 Å². The van der Waals surface area contributed by atoms with Gasteiger partial charge in [-0.1, -0.05) is 261 Å². The molecule has 148 heavy (non-hydrogen) atoms. The monoisotopic (exact) mass is 1910 g/mol. The molecule has 13 heterocycles. The maximum absolute atomic E-state index is 5.32. The van der Waals surface area contributed by atoms with Gasteiger partial charge in [-0.3, -0.25) is 28.1 Å². The second kappa shape index (κ2) is 39.8. The van der Waals surface area contributed by atoms with E-state index in [1.807, 2.05) is 79.5 Å². The highest BCUT2D eigenvalue weighted by Gasteiger charge is 2.31. The molecule has 0 aliphatic heterocycles. The Kier molecular flexibility index (Phi) is 24.1. The van der Waals surface area contributed by atoms with E-state index in [1.165, 1.54) is 130 Å². The molecule has 0 bridgehead atoms. The molecule has 12 aromatic carbocycles. The molecule has 0 fully saturated rings. The summed E-state index contributed by atoms with van der Waals surface area (Å²) in [6, 6.07) is 145. The topological polar surface area (TPSA) is 142 Å². The smallest absolute Gasteiger partial charge is 0.144 e. The Labute approximate surface area is 859 Å². The highest BCUT2D eigenvalue weighted by Crippen LogP contribution is 2.46. The summed E-state index contributed by atoms with van der Waals surface area (Å²) in [5.74, 6) is 0.940. The number of hydrogen-bond acceptors (Lipinski definition) is 8. The molecule has 29 rings (SSSR count). The highest BCUT2D eigenvalue weighted by molar-refractivity contribution is 5.94. The van der Waals surface area contributed by atoms with Crippen LogP contribution < -0.4 is 0 Å². The summed E-state index contributed by atoms with van der Waals surface area (Å²) in [6.07, 6.45) is 30.5. The van der Waals surface area contributed by atoms with Crippen LogP contribution in [-0.4, -0.2) is 76.7 Å². The van der Waals surface area contributed by atoms with Crippen LogP contribution in [0.25, 0.3) is 191 Å². The molecule has 16 nitrogen and oxygen atoms in total. The molecule has 714 valence electrons. The molecule has 0 atom stereocenters. The normalized spacial score (nSPS) is 13.1. The van der Waals surface area contributed by atoms with E-state index in [0.29, 0.717) is 0 Å². The van der Waals surface area contributed by atoms with E-state index in [0.717, 1.165) is 209 Å². The van der Waals surface area contributed by atoms with Gasteiger partial charge in [0.2, 0.25) is 0 Å². The van der Waals surface area contributed by atoms with E-state index >= 15 is 0 Å². The molecule has 0 amide bonds. The SMILES string of the molecule is c1ccc(-c2cc(-c3ccccc3)n(-c3ccc(-n4c5c(c6cccnc64)CCCC5)cc3)n2)cc1.c1ccc(-c2cnc(-c3ccccc3)n2-c2ccc(-n3c4c(c5ncccc53)CCCC4)cc2)cc1.c1ccc(-c2nc3ccccn3c2-c2cccc(-n3c4c(c5cccnc53)CCCC4)c2)cc1.c1ccc(-c2nn(-c3ccc(-n4c5c(c6ncccc64)CCCC5)cc3)c(-c3ccccc3)c2-c2ccccc2)cc1. The molecule has 0 radical (unpaired) electrons. The zero-order valence-corrected chi connectivity index (χ0v) is 82.2. The molecule has 4 aliphatic rings. The van der Waals surface area contributed by atoms with Gasteiger partial charge < -0.3 is 9.13 Å². The van der Waals surface area contributed by atoms with Crippen molar-refractivity contribution in [3.63, 3.8) is 0 Å². The molecule has 25 aromatic rings. The van der Waals surface area contributed by atoms with Gasteiger partial charge in [-0.15, -0.1) is 0 Å². The van der Waals surface area contributed by atoms with Crippen molar-refractivity contribution in [2.24, 2.45) is 0 Å². The maximum Gasteiger partial charge on any atom is 0.144 e. The lowest BCUT2D eigenvalue weighted by Crippen LogP contribution is -2.07. The Bertz CT molecular complexity index is 8980. The molecule has 0 spiro atoms. The standard InChI is InChI=1S/C38H30N4.2C32H26N4.C30H24N4/c1-4-13-27(14-5-1)35-36(28-15-6-2-7-16-28)40-42(38(35)29-17-8-3-9-18-29)31-24-22-30(23-25-31)41-33-20-11-10-19-32(33)37-34(41)21-12-26-39-37;1-3-10-23(11-4-1)29-22-31(24-12-5-2-6-13-24)36(34-29)26-19-17-25(18-20-26)35-30-16-8-7-14-27(30)28-15-9-21-33-32(28)35;1-3-10-23(11-4-1)30-22-34-32(24-12-5-2-6-13-24)36(30)26-19-17-25(18-20-26)35-28-15-8-7-14-27(28)31-29(35)16-9-21-33-31;1-2-10-21(11-3-1)28-29(33-19-7-6-17-27(33)32-28)22-12-8-13-23(20-22)34-26-16-5-4-14-24(26)25-15-9-18-31-30(25)34/h1-9,12-18,21-26H,10-11,19-20H2;1-6,9-13,15,17-22H,7-8,14,16H2;1-6,9-13,16-22H,7-8,14-15H2;1-3,6-13,15,17-20H,4-5,14,16H2. The molecule has 16 heteroatoms. The summed E-state index contributed by atoms with van der Waals surface area (Å²) in [6.45, 7) is 0. The summed E-state index contributed by atoms with van der Waals surface area (Å²) in [5.41, 5.74) is 45.6. The summed E-state index contributed by atoms with van der Waals surface area (Å²) in [7, 11) is 0. The van der Waals surface area contributed by atoms with Gasteiger partial charge in [0.15, 0.2) is 0 Å². The van der Waals surface area contributed by atoms with Crippen LogP contribution in [0.2, 0.25) is 0 Å². The van der Waals surface area contributed by atoms with Crippen LogP contribution in [0.4, 0.5) is 0 Å². The Balaban J connectivity index is 0.000000100. The average Bonchev–Trinajstić information content (AvgIpc) is 1.59. The quantitative estimate of drug-likeness (QED) is 0.0931. The summed E-state index contributed by atoms with van der Waals surface area (Å²) in [5, 5.41) is 12.9. The van der Waals surface area contributed by atoms with Gasteiger partial charge in [-0.2, -0.15) is 10.2 Å². The second-order valence-corrected chi connectivity index (χ2v) is 38.7. The van der Waals surface area contributed by atoms with Crippen molar-refractivity contribution < 1.29 is 0 Å². The van der Waals surface area contributed by atoms with Gasteiger partial charge in [-0.25, -0.2) is 29.3 Å². The van der Waals surface area contributed by atoms with Crippen molar-refractivity contribution in [3.8, 4) is 141 Å². The zero-order chi connectivity index (χ0) is 98.2. The number of imidazole rings is 2. The number of aryl methyl sites for hydroxylation is 4. The average molecular weight is 1920 g/mol. The number of nitrogens with zero attached hydrogens (tertiary/aromatic N) is 16. The molecular formula is C132H106N16. The van der Waals surface area contributed by atoms with E-state index in [4.69, 9.17) is 40.1 Å². The summed E-state index contributed by atoms with van der Waals surface area (Å²) < 4.78 is 18.2. The van der Waals surface area contributed by atoms with Crippen LogP contribution in [0.5, 0.6) is 0 Å². The van der Waals surface area contributed by atoms with E-state index in [9.17, 15) is 0 Å². The minimum Gasteiger partial charge on any atom is -0.312 e. The fourth-order valence-electron chi connectivity index (χ4n) is 23.2. The van der Waals surface area contributed by atoms with Gasteiger partial charge in [-0.05, 0) is 282 Å². The molecular weight excluding hydrogens is 1810 g/mol. The highest BCUT2D eigenvalue weighted by atomic mass is 15.3. The summed E-state index contributed by atoms with van der Waals surface area (Å²) in [4.78, 5) is 29.0. The van der Waals surface area contributed by atoms with Crippen LogP contribution in [-0.2, 0) is 51.4 Å². The largest absolute Gasteiger partial charge is 0.312 e. The fourth-order valence-corrected chi connectivity index (χ4v) is 23.2. The van der Waals surface area contributed by atoms with E-state index < -0.39 is 0 Å². The molecule has 0 saturated carbocycles. The van der Waals surface area contributed by atoms with Crippen molar-refractivity contribution in [1.82, 2.24) is 76.7 Å². The second-order valence-electron chi connectivity index (χ2n) is 38.7. The molecule has 13 aromatic heterocycles. The number of aromatic nitrogens is 16. The van der Waals surface area contributed by atoms with Crippen molar-refractivity contribution >= 4 is 49.8 Å². The lowest BCUT2D eigenvalue weighted by molar-refractivity contribution is 0.666. The third kappa shape index (κ3) is 16.8. The van der Waals surface area contributed by atoms with Crippen LogP contribution in [0.1, 0.15) is 96.4 Å². The van der Waals surface area contributed by atoms with Crippen molar-refractivity contribution in [2.45, 2.75) is 103 Å².